The third kappa shape index (κ3) is 4.19. The van der Waals surface area contributed by atoms with Crippen LogP contribution in [-0.2, 0) is 14.3 Å². The van der Waals surface area contributed by atoms with Gasteiger partial charge in [0.05, 0.1) is 13.2 Å². The fourth-order valence-corrected chi connectivity index (χ4v) is 2.03. The Morgan fingerprint density at radius 2 is 1.90 bits per heavy atom. The third-order valence-corrected chi connectivity index (χ3v) is 2.96. The van der Waals surface area contributed by atoms with E-state index < -0.39 is 30.8 Å². The van der Waals surface area contributed by atoms with E-state index in [1.54, 1.807) is 30.3 Å². The van der Waals surface area contributed by atoms with E-state index in [9.17, 15) is 22.8 Å². The molecule has 8 heteroatoms. The van der Waals surface area contributed by atoms with Crippen molar-refractivity contribution in [3.05, 3.63) is 35.9 Å². The zero-order chi connectivity index (χ0) is 15.5. The molecule has 2 amide bonds. The first-order valence-electron chi connectivity index (χ1n) is 6.20. The van der Waals surface area contributed by atoms with Gasteiger partial charge in [0.25, 0.3) is 0 Å². The summed E-state index contributed by atoms with van der Waals surface area (Å²) in [6.45, 7) is -1.28. The Kier molecular flexibility index (Phi) is 4.46. The molecule has 0 saturated carbocycles. The van der Waals surface area contributed by atoms with Crippen LogP contribution in [0, 0.1) is 0 Å². The molecule has 114 valence electrons. The van der Waals surface area contributed by atoms with E-state index >= 15 is 0 Å². The second kappa shape index (κ2) is 6.13. The Bertz CT molecular complexity index is 519. The van der Waals surface area contributed by atoms with E-state index in [1.165, 1.54) is 0 Å². The predicted molar refractivity (Wildman–Crippen MR) is 65.9 cm³/mol. The largest absolute Gasteiger partial charge is 0.522 e. The second-order valence-electron chi connectivity index (χ2n) is 4.47. The number of piperazine rings is 1. The summed E-state index contributed by atoms with van der Waals surface area (Å²) in [5.74, 6) is -0.873. The molecule has 0 aliphatic carbocycles. The normalized spacial score (nSPS) is 19.6. The highest BCUT2D eigenvalue weighted by Gasteiger charge is 2.35. The van der Waals surface area contributed by atoms with Crippen molar-refractivity contribution in [1.29, 1.82) is 0 Å². The first-order chi connectivity index (χ1) is 9.87. The minimum absolute atomic E-state index is 0.274. The SMILES string of the molecule is O=C1CN(CCOC(F)(F)F)C(=O)C(c2ccccc2)N1. The lowest BCUT2D eigenvalue weighted by Crippen LogP contribution is -2.54. The topological polar surface area (TPSA) is 58.6 Å². The molecule has 1 aliphatic heterocycles. The maximum absolute atomic E-state index is 12.2. The Labute approximate surface area is 118 Å². The molecule has 1 heterocycles. The van der Waals surface area contributed by atoms with Crippen molar-refractivity contribution in [2.24, 2.45) is 0 Å². The number of benzene rings is 1. The predicted octanol–water partition coefficient (Wildman–Crippen LogP) is 1.22. The van der Waals surface area contributed by atoms with Crippen molar-refractivity contribution in [2.75, 3.05) is 19.7 Å². The average Bonchev–Trinajstić information content (AvgIpc) is 2.42. The van der Waals surface area contributed by atoms with Gasteiger partial charge in [0.2, 0.25) is 11.8 Å². The molecular weight excluding hydrogens is 289 g/mol. The van der Waals surface area contributed by atoms with E-state index in [0.717, 1.165) is 4.90 Å². The summed E-state index contributed by atoms with van der Waals surface area (Å²) in [5.41, 5.74) is 0.581. The Morgan fingerprint density at radius 1 is 1.24 bits per heavy atom. The van der Waals surface area contributed by atoms with E-state index in [1.807, 2.05) is 0 Å². The summed E-state index contributed by atoms with van der Waals surface area (Å²) >= 11 is 0. The van der Waals surface area contributed by atoms with Crippen molar-refractivity contribution >= 4 is 11.8 Å². The van der Waals surface area contributed by atoms with Gasteiger partial charge >= 0.3 is 6.36 Å². The summed E-state index contributed by atoms with van der Waals surface area (Å²) in [6, 6.07) is 7.63. The van der Waals surface area contributed by atoms with E-state index in [2.05, 4.69) is 10.1 Å². The number of halogens is 3. The van der Waals surface area contributed by atoms with Gasteiger partial charge in [0.15, 0.2) is 0 Å². The molecular formula is C13H13F3N2O3. The molecule has 1 aromatic rings. The molecule has 0 radical (unpaired) electrons. The van der Waals surface area contributed by atoms with Crippen molar-refractivity contribution in [3.63, 3.8) is 0 Å². The Hall–Kier alpha value is -2.09. The number of nitrogens with zero attached hydrogens (tertiary/aromatic N) is 1. The average molecular weight is 302 g/mol. The van der Waals surface area contributed by atoms with E-state index in [-0.39, 0.29) is 13.1 Å². The van der Waals surface area contributed by atoms with Gasteiger partial charge in [0.1, 0.15) is 6.04 Å². The monoisotopic (exact) mass is 302 g/mol. The van der Waals surface area contributed by atoms with Crippen LogP contribution in [-0.4, -0.2) is 42.8 Å². The van der Waals surface area contributed by atoms with Crippen LogP contribution in [0.4, 0.5) is 13.2 Å². The summed E-state index contributed by atoms with van der Waals surface area (Å²) < 4.78 is 39.4. The Morgan fingerprint density at radius 3 is 2.52 bits per heavy atom. The van der Waals surface area contributed by atoms with Gasteiger partial charge in [-0.3, -0.25) is 14.3 Å². The number of rotatable bonds is 4. The highest BCUT2D eigenvalue weighted by molar-refractivity contribution is 5.95. The van der Waals surface area contributed by atoms with Crippen LogP contribution < -0.4 is 5.32 Å². The summed E-state index contributed by atoms with van der Waals surface area (Å²) in [6.07, 6.45) is -4.75. The van der Waals surface area contributed by atoms with Gasteiger partial charge in [-0.2, -0.15) is 0 Å². The molecule has 1 saturated heterocycles. The third-order valence-electron chi connectivity index (χ3n) is 2.96. The quantitative estimate of drug-likeness (QED) is 0.910. The van der Waals surface area contributed by atoms with Crippen LogP contribution in [0.5, 0.6) is 0 Å². The van der Waals surface area contributed by atoms with Crippen LogP contribution >= 0.6 is 0 Å². The van der Waals surface area contributed by atoms with Gasteiger partial charge in [-0.05, 0) is 5.56 Å². The molecule has 0 aromatic heterocycles. The summed E-state index contributed by atoms with van der Waals surface area (Å²) in [4.78, 5) is 24.9. The molecule has 0 bridgehead atoms. The van der Waals surface area contributed by atoms with Crippen molar-refractivity contribution in [2.45, 2.75) is 12.4 Å². The lowest BCUT2D eigenvalue weighted by molar-refractivity contribution is -0.324. The maximum atomic E-state index is 12.2. The number of hydrogen-bond donors (Lipinski definition) is 1. The molecule has 1 aliphatic rings. The Balaban J connectivity index is 2.02. The summed E-state index contributed by atoms with van der Waals surface area (Å²) in [5, 5.41) is 2.53. The molecule has 1 N–H and O–H groups in total. The standard InChI is InChI=1S/C13H13F3N2O3/c14-13(15,16)21-7-6-18-8-10(19)17-11(12(18)20)9-4-2-1-3-5-9/h1-5,11H,6-8H2,(H,17,19). The highest BCUT2D eigenvalue weighted by atomic mass is 19.4. The number of carbonyl (C=O) groups is 2. The van der Waals surface area contributed by atoms with Crippen LogP contribution in [0.2, 0.25) is 0 Å². The lowest BCUT2D eigenvalue weighted by atomic mass is 10.0. The first-order valence-corrected chi connectivity index (χ1v) is 6.20. The summed E-state index contributed by atoms with van der Waals surface area (Å²) in [7, 11) is 0. The number of nitrogens with one attached hydrogen (secondary N) is 1. The minimum Gasteiger partial charge on any atom is -0.339 e. The van der Waals surface area contributed by atoms with Crippen molar-refractivity contribution in [1.82, 2.24) is 10.2 Å². The van der Waals surface area contributed by atoms with Gasteiger partial charge in [-0.15, -0.1) is 13.2 Å². The number of ether oxygens (including phenoxy) is 1. The fraction of sp³-hybridized carbons (Fsp3) is 0.385. The smallest absolute Gasteiger partial charge is 0.339 e. The second-order valence-corrected chi connectivity index (χ2v) is 4.47. The van der Waals surface area contributed by atoms with Crippen molar-refractivity contribution in [3.8, 4) is 0 Å². The minimum atomic E-state index is -4.75. The fourth-order valence-electron chi connectivity index (χ4n) is 2.03. The molecule has 1 atom stereocenters. The van der Waals surface area contributed by atoms with Gasteiger partial charge in [-0.1, -0.05) is 30.3 Å². The zero-order valence-corrected chi connectivity index (χ0v) is 10.9. The number of carbonyl (C=O) groups excluding carboxylic acids is 2. The molecule has 21 heavy (non-hydrogen) atoms. The lowest BCUT2D eigenvalue weighted by Gasteiger charge is -2.32. The van der Waals surface area contributed by atoms with Crippen LogP contribution in [0.3, 0.4) is 0 Å². The number of alkyl halides is 3. The number of hydrogen-bond acceptors (Lipinski definition) is 3. The van der Waals surface area contributed by atoms with E-state index in [0.29, 0.717) is 5.56 Å². The molecule has 2 rings (SSSR count). The van der Waals surface area contributed by atoms with Crippen LogP contribution in [0.15, 0.2) is 30.3 Å². The van der Waals surface area contributed by atoms with Gasteiger partial charge in [-0.25, -0.2) is 0 Å². The maximum Gasteiger partial charge on any atom is 0.522 e. The number of amides is 2. The molecule has 1 unspecified atom stereocenters. The van der Waals surface area contributed by atoms with Crippen molar-refractivity contribution < 1.29 is 27.5 Å². The zero-order valence-electron chi connectivity index (χ0n) is 10.9. The molecule has 1 fully saturated rings. The molecule has 1 aromatic carbocycles. The molecule has 0 spiro atoms. The van der Waals surface area contributed by atoms with Gasteiger partial charge < -0.3 is 10.2 Å². The highest BCUT2D eigenvalue weighted by Crippen LogP contribution is 2.20. The van der Waals surface area contributed by atoms with Crippen LogP contribution in [0.1, 0.15) is 11.6 Å². The van der Waals surface area contributed by atoms with E-state index in [4.69, 9.17) is 0 Å². The first kappa shape index (κ1) is 15.3. The van der Waals surface area contributed by atoms with Crippen LogP contribution in [0.25, 0.3) is 0 Å². The van der Waals surface area contributed by atoms with Gasteiger partial charge in [0, 0.05) is 6.54 Å². The molecule has 5 nitrogen and oxygen atoms in total.